The molecule has 1 atom stereocenters. The molecular weight excluding hydrogens is 404 g/mol. The van der Waals surface area contributed by atoms with Crippen LogP contribution in [0.1, 0.15) is 77.3 Å². The number of aliphatic hydroxyl groups is 1. The Kier molecular flexibility index (Phi) is 11.0. The largest absolute Gasteiger partial charge is 0.508 e. The SMILES string of the molecule is CC(C)=CCC/C(=C/CC/C(C)=C/CC[C@](C)(O)/C=C\c1cc(O)c(C)cc1O)C(=O)O. The summed E-state index contributed by atoms with van der Waals surface area (Å²) in [6.45, 7) is 9.42. The highest BCUT2D eigenvalue weighted by atomic mass is 16.4. The van der Waals surface area contributed by atoms with Crippen molar-refractivity contribution in [2.24, 2.45) is 0 Å². The van der Waals surface area contributed by atoms with E-state index < -0.39 is 11.6 Å². The Morgan fingerprint density at radius 2 is 1.62 bits per heavy atom. The Hall–Kier alpha value is -2.79. The summed E-state index contributed by atoms with van der Waals surface area (Å²) < 4.78 is 0. The van der Waals surface area contributed by atoms with Gasteiger partial charge in [-0.1, -0.05) is 41.5 Å². The Bertz CT molecular complexity index is 897. The molecule has 5 heteroatoms. The van der Waals surface area contributed by atoms with Crippen LogP contribution in [0.25, 0.3) is 6.08 Å². The van der Waals surface area contributed by atoms with Crippen molar-refractivity contribution in [2.75, 3.05) is 0 Å². The first kappa shape index (κ1) is 27.2. The van der Waals surface area contributed by atoms with Gasteiger partial charge in [0.15, 0.2) is 0 Å². The number of phenolic OH excluding ortho intramolecular Hbond substituents is 2. The lowest BCUT2D eigenvalue weighted by Crippen LogP contribution is -2.19. The zero-order chi connectivity index (χ0) is 24.3. The zero-order valence-electron chi connectivity index (χ0n) is 20.0. The average molecular weight is 443 g/mol. The molecule has 5 nitrogen and oxygen atoms in total. The molecule has 0 unspecified atom stereocenters. The van der Waals surface area contributed by atoms with Crippen LogP contribution in [0.5, 0.6) is 11.5 Å². The normalized spacial score (nSPS) is 14.4. The molecule has 176 valence electrons. The standard InChI is InChI=1S/C27H38O5/c1-19(2)9-6-12-22(26(30)31)13-7-10-20(3)11-8-15-27(5,32)16-14-23-18-24(28)21(4)17-25(23)29/h9,11,13-14,16-18,28-29,32H,6-8,10,12,15H2,1-5H3,(H,30,31)/b16-14-,20-11+,22-13-/t27-/m0/s1. The smallest absolute Gasteiger partial charge is 0.331 e. The minimum absolute atomic E-state index is 0.0534. The highest BCUT2D eigenvalue weighted by molar-refractivity contribution is 5.86. The first-order valence-corrected chi connectivity index (χ1v) is 11.1. The van der Waals surface area contributed by atoms with E-state index in [0.29, 0.717) is 42.4 Å². The van der Waals surface area contributed by atoms with Gasteiger partial charge in [0.1, 0.15) is 11.5 Å². The first-order chi connectivity index (χ1) is 14.9. The van der Waals surface area contributed by atoms with Crippen molar-refractivity contribution in [1.82, 2.24) is 0 Å². The summed E-state index contributed by atoms with van der Waals surface area (Å²) in [6.07, 6.45) is 13.0. The number of benzene rings is 1. The van der Waals surface area contributed by atoms with Crippen LogP contribution in [-0.2, 0) is 4.79 Å². The van der Waals surface area contributed by atoms with E-state index in [1.54, 1.807) is 32.1 Å². The minimum atomic E-state index is -1.06. The highest BCUT2D eigenvalue weighted by Crippen LogP contribution is 2.28. The van der Waals surface area contributed by atoms with E-state index in [4.69, 9.17) is 0 Å². The van der Waals surface area contributed by atoms with Crippen molar-refractivity contribution >= 4 is 12.0 Å². The van der Waals surface area contributed by atoms with E-state index in [0.717, 1.165) is 18.4 Å². The summed E-state index contributed by atoms with van der Waals surface area (Å²) in [5, 5.41) is 39.7. The lowest BCUT2D eigenvalue weighted by Gasteiger charge is -2.18. The van der Waals surface area contributed by atoms with Gasteiger partial charge in [0.05, 0.1) is 5.60 Å². The Labute approximate surface area is 192 Å². The predicted octanol–water partition coefficient (Wildman–Crippen LogP) is 6.43. The molecule has 0 aliphatic carbocycles. The van der Waals surface area contributed by atoms with Gasteiger partial charge in [0, 0.05) is 11.1 Å². The molecule has 32 heavy (non-hydrogen) atoms. The maximum Gasteiger partial charge on any atom is 0.331 e. The predicted molar refractivity (Wildman–Crippen MR) is 131 cm³/mol. The van der Waals surface area contributed by atoms with Gasteiger partial charge in [-0.25, -0.2) is 4.79 Å². The van der Waals surface area contributed by atoms with E-state index in [2.05, 4.69) is 6.08 Å². The first-order valence-electron chi connectivity index (χ1n) is 11.1. The molecule has 0 bridgehead atoms. The summed E-state index contributed by atoms with van der Waals surface area (Å²) in [4.78, 5) is 11.4. The molecule has 1 rings (SSSR count). The van der Waals surface area contributed by atoms with Crippen LogP contribution in [0.3, 0.4) is 0 Å². The number of hydrogen-bond acceptors (Lipinski definition) is 4. The fourth-order valence-electron chi connectivity index (χ4n) is 3.18. The third-order valence-electron chi connectivity index (χ3n) is 5.28. The molecule has 0 heterocycles. The highest BCUT2D eigenvalue weighted by Gasteiger charge is 2.15. The van der Waals surface area contributed by atoms with Crippen molar-refractivity contribution in [3.05, 3.63) is 64.3 Å². The van der Waals surface area contributed by atoms with Crippen molar-refractivity contribution in [2.45, 2.75) is 78.7 Å². The Balaban J connectivity index is 2.58. The maximum absolute atomic E-state index is 11.4. The summed E-state index contributed by atoms with van der Waals surface area (Å²) in [5.74, 6) is -0.708. The number of phenols is 2. The van der Waals surface area contributed by atoms with E-state index in [1.165, 1.54) is 17.7 Å². The van der Waals surface area contributed by atoms with Crippen LogP contribution in [0.2, 0.25) is 0 Å². The van der Waals surface area contributed by atoms with E-state index in [9.17, 15) is 25.2 Å². The molecule has 0 spiro atoms. The quantitative estimate of drug-likeness (QED) is 0.170. The van der Waals surface area contributed by atoms with Crippen molar-refractivity contribution < 1.29 is 25.2 Å². The van der Waals surface area contributed by atoms with E-state index in [1.807, 2.05) is 26.8 Å². The summed E-state index contributed by atoms with van der Waals surface area (Å²) >= 11 is 0. The second kappa shape index (κ2) is 12.9. The lowest BCUT2D eigenvalue weighted by atomic mass is 9.96. The van der Waals surface area contributed by atoms with Gasteiger partial charge in [0.2, 0.25) is 0 Å². The molecule has 0 saturated heterocycles. The topological polar surface area (TPSA) is 98.0 Å². The molecule has 0 radical (unpaired) electrons. The molecule has 1 aromatic rings. The number of carbonyl (C=O) groups is 1. The third-order valence-corrected chi connectivity index (χ3v) is 5.28. The number of allylic oxidation sites excluding steroid dienone is 5. The summed E-state index contributed by atoms with van der Waals surface area (Å²) in [5.41, 5.74) is 2.76. The van der Waals surface area contributed by atoms with Gasteiger partial charge in [0.25, 0.3) is 0 Å². The summed E-state index contributed by atoms with van der Waals surface area (Å²) in [6, 6.07) is 2.96. The molecule has 1 aromatic carbocycles. The molecule has 0 saturated carbocycles. The van der Waals surface area contributed by atoms with Gasteiger partial charge in [-0.05, 0) is 90.8 Å². The number of aliphatic carboxylic acids is 1. The number of hydrogen-bond donors (Lipinski definition) is 4. The molecule has 0 aliphatic heterocycles. The molecule has 0 amide bonds. The van der Waals surface area contributed by atoms with Gasteiger partial charge in [-0.15, -0.1) is 0 Å². The number of carboxylic acids is 1. The van der Waals surface area contributed by atoms with Crippen LogP contribution < -0.4 is 0 Å². The minimum Gasteiger partial charge on any atom is -0.508 e. The number of aryl methyl sites for hydroxylation is 1. The molecular formula is C27H38O5. The third kappa shape index (κ3) is 10.5. The average Bonchev–Trinajstić information content (AvgIpc) is 2.68. The molecule has 4 N–H and O–H groups in total. The van der Waals surface area contributed by atoms with Crippen LogP contribution in [-0.4, -0.2) is 32.0 Å². The van der Waals surface area contributed by atoms with Gasteiger partial charge in [-0.2, -0.15) is 0 Å². The maximum atomic E-state index is 11.4. The van der Waals surface area contributed by atoms with Crippen molar-refractivity contribution in [3.8, 4) is 11.5 Å². The fourth-order valence-corrected chi connectivity index (χ4v) is 3.18. The van der Waals surface area contributed by atoms with Gasteiger partial charge >= 0.3 is 5.97 Å². The number of aromatic hydroxyl groups is 2. The van der Waals surface area contributed by atoms with Crippen LogP contribution >= 0.6 is 0 Å². The summed E-state index contributed by atoms with van der Waals surface area (Å²) in [7, 11) is 0. The van der Waals surface area contributed by atoms with Gasteiger partial charge in [-0.3, -0.25) is 0 Å². The van der Waals surface area contributed by atoms with Gasteiger partial charge < -0.3 is 20.4 Å². The molecule has 0 fully saturated rings. The second-order valence-corrected chi connectivity index (χ2v) is 8.87. The number of rotatable bonds is 12. The molecule has 0 aromatic heterocycles. The van der Waals surface area contributed by atoms with Crippen molar-refractivity contribution in [1.29, 1.82) is 0 Å². The number of carboxylic acid groups (broad SMARTS) is 1. The Morgan fingerprint density at radius 3 is 2.25 bits per heavy atom. The molecule has 0 aliphatic rings. The zero-order valence-corrected chi connectivity index (χ0v) is 20.0. The van der Waals surface area contributed by atoms with E-state index >= 15 is 0 Å². The monoisotopic (exact) mass is 442 g/mol. The lowest BCUT2D eigenvalue weighted by molar-refractivity contribution is -0.132. The van der Waals surface area contributed by atoms with E-state index in [-0.39, 0.29) is 11.5 Å². The Morgan fingerprint density at radius 1 is 0.969 bits per heavy atom. The van der Waals surface area contributed by atoms with Crippen LogP contribution in [0, 0.1) is 6.92 Å². The fraction of sp³-hybridized carbons (Fsp3) is 0.444. The second-order valence-electron chi connectivity index (χ2n) is 8.87. The van der Waals surface area contributed by atoms with Crippen molar-refractivity contribution in [3.63, 3.8) is 0 Å². The van der Waals surface area contributed by atoms with Crippen LogP contribution in [0.15, 0.2) is 53.2 Å². The van der Waals surface area contributed by atoms with Crippen LogP contribution in [0.4, 0.5) is 0 Å².